The minimum Gasteiger partial charge on any atom is -0.480 e. The number of unbranched alkanes of at least 4 members (excludes halogenated alkanes) is 2. The van der Waals surface area contributed by atoms with Crippen LogP contribution in [0.5, 0.6) is 0 Å². The number of alkyl carbamates (subject to hydrolysis) is 1. The highest BCUT2D eigenvalue weighted by molar-refractivity contribution is 7.98. The maximum absolute atomic E-state index is 12.9. The molecule has 0 aromatic carbocycles. The van der Waals surface area contributed by atoms with Gasteiger partial charge in [-0.2, -0.15) is 0 Å². The van der Waals surface area contributed by atoms with E-state index in [0.29, 0.717) is 43.8 Å². The highest BCUT2D eigenvalue weighted by Crippen LogP contribution is 2.09. The monoisotopic (exact) mass is 765 g/mol. The number of amides is 5. The zero-order valence-electron chi connectivity index (χ0n) is 31.5. The molecule has 0 unspecified atom stereocenters. The summed E-state index contributed by atoms with van der Waals surface area (Å²) in [7, 11) is 0. The molecule has 0 bridgehead atoms. The van der Waals surface area contributed by atoms with Crippen LogP contribution in [-0.2, 0) is 38.2 Å². The van der Waals surface area contributed by atoms with E-state index in [2.05, 4.69) is 48.4 Å². The van der Waals surface area contributed by atoms with Crippen molar-refractivity contribution < 1.29 is 48.1 Å². The second-order valence-corrected chi connectivity index (χ2v) is 13.8. The van der Waals surface area contributed by atoms with Gasteiger partial charge in [-0.05, 0) is 58.6 Å². The number of carbonyl (C=O) groups is 6. The molecule has 0 aliphatic carbocycles. The van der Waals surface area contributed by atoms with E-state index in [1.165, 1.54) is 11.8 Å². The number of hydrogen-bond donors (Lipinski definition) is 6. The molecule has 53 heavy (non-hydrogen) atoms. The number of aromatic nitrogens is 2. The molecule has 1 aromatic rings. The van der Waals surface area contributed by atoms with Gasteiger partial charge in [-0.25, -0.2) is 19.6 Å². The molecule has 0 saturated carbocycles. The second-order valence-electron chi connectivity index (χ2n) is 13.0. The SMILES string of the molecule is CSc1ncc(C#CCCCC(=O)NCCOCCNC(=O)COCC(=O)N[C@H](C(=O)N[C@@H](CCCCNC(=O)OC(C)(C)C)C(=O)O)C(C)C)cn1. The Balaban J connectivity index is 2.20. The van der Waals surface area contributed by atoms with Crippen molar-refractivity contribution in [2.24, 2.45) is 5.92 Å². The van der Waals surface area contributed by atoms with Crippen molar-refractivity contribution in [3.05, 3.63) is 18.0 Å². The van der Waals surface area contributed by atoms with Crippen LogP contribution >= 0.6 is 11.8 Å². The molecule has 0 radical (unpaired) electrons. The van der Waals surface area contributed by atoms with Crippen LogP contribution in [-0.4, -0.2) is 121 Å². The highest BCUT2D eigenvalue weighted by atomic mass is 32.2. The first-order valence-corrected chi connectivity index (χ1v) is 18.7. The molecule has 17 nitrogen and oxygen atoms in total. The van der Waals surface area contributed by atoms with Gasteiger partial charge in [0.05, 0.1) is 18.8 Å². The van der Waals surface area contributed by atoms with Gasteiger partial charge in [0.25, 0.3) is 0 Å². The third-order valence-electron chi connectivity index (χ3n) is 6.82. The van der Waals surface area contributed by atoms with Crippen molar-refractivity contribution in [3.8, 4) is 11.8 Å². The second kappa shape index (κ2) is 26.3. The number of carboxylic acid groups (broad SMARTS) is 1. The lowest BCUT2D eigenvalue weighted by atomic mass is 10.0. The molecule has 1 heterocycles. The van der Waals surface area contributed by atoms with Crippen molar-refractivity contribution >= 4 is 47.5 Å². The van der Waals surface area contributed by atoms with Gasteiger partial charge in [-0.3, -0.25) is 19.2 Å². The average molecular weight is 766 g/mol. The molecule has 0 fully saturated rings. The molecule has 0 saturated heterocycles. The van der Waals surface area contributed by atoms with Gasteiger partial charge in [0.2, 0.25) is 23.6 Å². The van der Waals surface area contributed by atoms with E-state index in [-0.39, 0.29) is 44.5 Å². The summed E-state index contributed by atoms with van der Waals surface area (Å²) in [6.07, 6.45) is 7.14. The fraction of sp³-hybridized carbons (Fsp3) is 0.657. The largest absolute Gasteiger partial charge is 0.480 e. The lowest BCUT2D eigenvalue weighted by Gasteiger charge is -2.24. The molecule has 2 atom stereocenters. The summed E-state index contributed by atoms with van der Waals surface area (Å²) in [5.41, 5.74) is 0.0892. The third kappa shape index (κ3) is 23.7. The molecular formula is C35H55N7O10S. The van der Waals surface area contributed by atoms with E-state index in [0.717, 1.165) is 5.56 Å². The van der Waals surface area contributed by atoms with Gasteiger partial charge in [0.15, 0.2) is 5.16 Å². The van der Waals surface area contributed by atoms with E-state index >= 15 is 0 Å². The Labute approximate surface area is 315 Å². The van der Waals surface area contributed by atoms with Crippen molar-refractivity contribution in [3.63, 3.8) is 0 Å². The molecule has 6 N–H and O–H groups in total. The number of ether oxygens (including phenoxy) is 3. The minimum absolute atomic E-state index is 0.110. The van der Waals surface area contributed by atoms with Crippen molar-refractivity contribution in [1.82, 2.24) is 36.6 Å². The zero-order chi connectivity index (χ0) is 39.6. The minimum atomic E-state index is -1.23. The van der Waals surface area contributed by atoms with Crippen LogP contribution in [0.25, 0.3) is 0 Å². The summed E-state index contributed by atoms with van der Waals surface area (Å²) in [4.78, 5) is 81.2. The van der Waals surface area contributed by atoms with E-state index < -0.39 is 60.7 Å². The fourth-order valence-electron chi connectivity index (χ4n) is 4.24. The summed E-state index contributed by atoms with van der Waals surface area (Å²) in [5, 5.41) is 23.2. The number of aliphatic carboxylic acids is 1. The Bertz CT molecular complexity index is 1380. The molecule has 296 valence electrons. The number of thioether (sulfide) groups is 1. The van der Waals surface area contributed by atoms with Crippen LogP contribution in [0.1, 0.15) is 78.7 Å². The van der Waals surface area contributed by atoms with Crippen LogP contribution in [0.2, 0.25) is 0 Å². The Morgan fingerprint density at radius 3 is 2.09 bits per heavy atom. The average Bonchev–Trinajstić information content (AvgIpc) is 3.08. The van der Waals surface area contributed by atoms with E-state index in [1.807, 2.05) is 6.26 Å². The first-order valence-electron chi connectivity index (χ1n) is 17.4. The van der Waals surface area contributed by atoms with Crippen molar-refractivity contribution in [2.45, 2.75) is 96.0 Å². The maximum Gasteiger partial charge on any atom is 0.407 e. The van der Waals surface area contributed by atoms with Crippen LogP contribution in [0.4, 0.5) is 4.79 Å². The number of nitrogens with zero attached hydrogens (tertiary/aromatic N) is 2. The van der Waals surface area contributed by atoms with Crippen LogP contribution < -0.4 is 26.6 Å². The Kier molecular flexibility index (Phi) is 23.1. The molecule has 0 aliphatic rings. The Hall–Kier alpha value is -4.47. The number of carbonyl (C=O) groups excluding carboxylic acids is 5. The van der Waals surface area contributed by atoms with Gasteiger partial charge >= 0.3 is 12.1 Å². The van der Waals surface area contributed by atoms with E-state index in [1.54, 1.807) is 47.0 Å². The summed E-state index contributed by atoms with van der Waals surface area (Å²) in [6.45, 7) is 8.94. The quantitative estimate of drug-likeness (QED) is 0.0378. The van der Waals surface area contributed by atoms with Crippen LogP contribution in [0.3, 0.4) is 0 Å². The highest BCUT2D eigenvalue weighted by Gasteiger charge is 2.28. The normalized spacial score (nSPS) is 12.1. The summed E-state index contributed by atoms with van der Waals surface area (Å²) in [5.74, 6) is 2.45. The molecule has 1 rings (SSSR count). The molecular weight excluding hydrogens is 710 g/mol. The Morgan fingerprint density at radius 1 is 0.849 bits per heavy atom. The van der Waals surface area contributed by atoms with Crippen molar-refractivity contribution in [1.29, 1.82) is 0 Å². The number of nitrogens with one attached hydrogen (secondary N) is 5. The topological polar surface area (TPSA) is 236 Å². The first kappa shape index (κ1) is 46.6. The third-order valence-corrected chi connectivity index (χ3v) is 7.40. The summed E-state index contributed by atoms with van der Waals surface area (Å²) < 4.78 is 15.7. The van der Waals surface area contributed by atoms with Gasteiger partial charge in [-0.15, -0.1) is 0 Å². The lowest BCUT2D eigenvalue weighted by molar-refractivity contribution is -0.142. The summed E-state index contributed by atoms with van der Waals surface area (Å²) >= 11 is 1.45. The summed E-state index contributed by atoms with van der Waals surface area (Å²) in [6, 6.07) is -2.24. The standard InChI is InChI=1S/C35H55N7O10S/c1-24(2)30(31(46)41-26(32(47)48)13-10-11-15-38-34(49)52-35(3,4)5)42-29(45)23-51-22-28(44)37-17-19-50-18-16-36-27(43)14-9-7-8-12-25-20-39-33(53-6)40-21-25/h20-21,24,26,30H,7,9-11,13-19,22-23H2,1-6H3,(H,36,43)(H,37,44)(H,38,49)(H,41,46)(H,42,45)(H,47,48)/t26-,30-/m0/s1. The van der Waals surface area contributed by atoms with Crippen LogP contribution in [0.15, 0.2) is 17.6 Å². The van der Waals surface area contributed by atoms with E-state index in [9.17, 15) is 33.9 Å². The van der Waals surface area contributed by atoms with Gasteiger partial charge in [0.1, 0.15) is 30.9 Å². The van der Waals surface area contributed by atoms with Crippen molar-refractivity contribution in [2.75, 3.05) is 52.3 Å². The predicted molar refractivity (Wildman–Crippen MR) is 197 cm³/mol. The lowest BCUT2D eigenvalue weighted by Crippen LogP contribution is -2.54. The molecule has 0 aliphatic heterocycles. The zero-order valence-corrected chi connectivity index (χ0v) is 32.3. The smallest absolute Gasteiger partial charge is 0.407 e. The van der Waals surface area contributed by atoms with Gasteiger partial charge in [0, 0.05) is 44.9 Å². The molecule has 1 aromatic heterocycles. The predicted octanol–water partition coefficient (Wildman–Crippen LogP) is 1.39. The maximum atomic E-state index is 12.9. The van der Waals surface area contributed by atoms with Gasteiger partial charge < -0.3 is 45.9 Å². The number of rotatable bonds is 24. The molecule has 0 spiro atoms. The fourth-order valence-corrected chi connectivity index (χ4v) is 4.55. The molecule has 5 amide bonds. The van der Waals surface area contributed by atoms with E-state index in [4.69, 9.17) is 14.2 Å². The van der Waals surface area contributed by atoms with Gasteiger partial charge in [-0.1, -0.05) is 37.5 Å². The van der Waals surface area contributed by atoms with Crippen LogP contribution in [0, 0.1) is 17.8 Å². The Morgan fingerprint density at radius 2 is 1.49 bits per heavy atom. The number of hydrogen-bond acceptors (Lipinski definition) is 12. The first-order chi connectivity index (χ1) is 25.1. The molecule has 18 heteroatoms. The number of carboxylic acids is 1.